The highest BCUT2D eigenvalue weighted by molar-refractivity contribution is 9.10. The van der Waals surface area contributed by atoms with E-state index in [1.165, 1.54) is 5.56 Å². The maximum absolute atomic E-state index is 12.3. The first-order valence-corrected chi connectivity index (χ1v) is 7.72. The number of benzene rings is 1. The Hall–Kier alpha value is -1.68. The minimum atomic E-state index is -0.269. The molecular formula is C17H19BrN2O. The van der Waals surface area contributed by atoms with Gasteiger partial charge in [-0.15, -0.1) is 0 Å². The third-order valence-corrected chi connectivity index (χ3v) is 3.73. The molecule has 1 aromatic carbocycles. The van der Waals surface area contributed by atoms with Crippen LogP contribution in [0.15, 0.2) is 53.3 Å². The zero-order valence-corrected chi connectivity index (χ0v) is 13.9. The van der Waals surface area contributed by atoms with Crippen LogP contribution in [-0.2, 0) is 6.42 Å². The van der Waals surface area contributed by atoms with Gasteiger partial charge in [0.25, 0.3) is 5.91 Å². The number of nitrogens with one attached hydrogen (secondary N) is 1. The largest absolute Gasteiger partial charge is 0.347 e. The van der Waals surface area contributed by atoms with Crippen LogP contribution in [0.5, 0.6) is 0 Å². The van der Waals surface area contributed by atoms with Crippen LogP contribution in [0.3, 0.4) is 0 Å². The number of aryl methyl sites for hydroxylation is 1. The van der Waals surface area contributed by atoms with Gasteiger partial charge in [-0.3, -0.25) is 9.78 Å². The van der Waals surface area contributed by atoms with Crippen molar-refractivity contribution in [1.82, 2.24) is 10.3 Å². The molecule has 0 saturated heterocycles. The summed E-state index contributed by atoms with van der Waals surface area (Å²) >= 11 is 3.33. The van der Waals surface area contributed by atoms with Gasteiger partial charge in [-0.25, -0.2) is 0 Å². The van der Waals surface area contributed by atoms with Gasteiger partial charge >= 0.3 is 0 Å². The Morgan fingerprint density at radius 3 is 2.62 bits per heavy atom. The summed E-state index contributed by atoms with van der Waals surface area (Å²) in [7, 11) is 0. The number of aromatic nitrogens is 1. The highest BCUT2D eigenvalue weighted by Gasteiger charge is 2.21. The second kappa shape index (κ2) is 6.85. The summed E-state index contributed by atoms with van der Waals surface area (Å²) in [5, 5.41) is 3.07. The zero-order chi connectivity index (χ0) is 15.3. The van der Waals surface area contributed by atoms with Crippen molar-refractivity contribution in [3.05, 3.63) is 64.4 Å². The summed E-state index contributed by atoms with van der Waals surface area (Å²) < 4.78 is 0.803. The Morgan fingerprint density at radius 1 is 1.24 bits per heavy atom. The lowest BCUT2D eigenvalue weighted by Gasteiger charge is -2.26. The summed E-state index contributed by atoms with van der Waals surface area (Å²) in [6.45, 7) is 4.08. The number of rotatable bonds is 5. The van der Waals surface area contributed by atoms with Crippen molar-refractivity contribution in [3.8, 4) is 0 Å². The van der Waals surface area contributed by atoms with Gasteiger partial charge in [0.15, 0.2) is 0 Å². The third-order valence-electron chi connectivity index (χ3n) is 3.30. The zero-order valence-electron chi connectivity index (χ0n) is 12.3. The van der Waals surface area contributed by atoms with E-state index in [4.69, 9.17) is 0 Å². The predicted octanol–water partition coefficient (Wildman–Crippen LogP) is 3.99. The van der Waals surface area contributed by atoms with Gasteiger partial charge < -0.3 is 5.32 Å². The molecule has 0 radical (unpaired) electrons. The van der Waals surface area contributed by atoms with E-state index in [0.29, 0.717) is 5.56 Å². The van der Waals surface area contributed by atoms with Crippen LogP contribution >= 0.6 is 15.9 Å². The Labute approximate surface area is 133 Å². The molecule has 1 aromatic heterocycles. The van der Waals surface area contributed by atoms with E-state index >= 15 is 0 Å². The van der Waals surface area contributed by atoms with Crippen molar-refractivity contribution in [2.75, 3.05) is 0 Å². The topological polar surface area (TPSA) is 42.0 Å². The molecule has 1 N–H and O–H groups in total. The quantitative estimate of drug-likeness (QED) is 0.889. The van der Waals surface area contributed by atoms with E-state index in [1.807, 2.05) is 32.0 Å². The fraction of sp³-hybridized carbons (Fsp3) is 0.294. The van der Waals surface area contributed by atoms with Crippen LogP contribution in [0.2, 0.25) is 0 Å². The van der Waals surface area contributed by atoms with E-state index in [-0.39, 0.29) is 11.4 Å². The summed E-state index contributed by atoms with van der Waals surface area (Å²) in [6.07, 6.45) is 5.06. The first-order valence-electron chi connectivity index (χ1n) is 6.93. The molecule has 3 nitrogen and oxygen atoms in total. The van der Waals surface area contributed by atoms with Crippen molar-refractivity contribution in [2.24, 2.45) is 0 Å². The first kappa shape index (κ1) is 15.7. The molecule has 0 aliphatic carbocycles. The molecule has 0 fully saturated rings. The molecule has 0 unspecified atom stereocenters. The first-order chi connectivity index (χ1) is 9.96. The molecular weight excluding hydrogens is 328 g/mol. The van der Waals surface area contributed by atoms with Crippen LogP contribution in [0.25, 0.3) is 0 Å². The van der Waals surface area contributed by atoms with Crippen molar-refractivity contribution in [2.45, 2.75) is 32.2 Å². The van der Waals surface area contributed by atoms with E-state index in [0.717, 1.165) is 17.3 Å². The molecule has 0 bridgehead atoms. The second-order valence-corrected chi connectivity index (χ2v) is 6.63. The van der Waals surface area contributed by atoms with E-state index in [1.54, 1.807) is 18.5 Å². The standard InChI is InChI=1S/C17H19BrN2O/c1-17(2,9-8-13-6-4-3-5-7-13)20-16(21)14-10-15(18)12-19-11-14/h3-7,10-12H,8-9H2,1-2H3,(H,20,21). The van der Waals surface area contributed by atoms with E-state index in [2.05, 4.69) is 38.4 Å². The van der Waals surface area contributed by atoms with Crippen molar-refractivity contribution in [1.29, 1.82) is 0 Å². The Morgan fingerprint density at radius 2 is 1.95 bits per heavy atom. The SMILES string of the molecule is CC(C)(CCc1ccccc1)NC(=O)c1cncc(Br)c1. The Kier molecular flexibility index (Phi) is 5.12. The Balaban J connectivity index is 1.95. The lowest BCUT2D eigenvalue weighted by molar-refractivity contribution is 0.0909. The Bertz CT molecular complexity index is 611. The molecule has 21 heavy (non-hydrogen) atoms. The van der Waals surface area contributed by atoms with Crippen LogP contribution in [0, 0.1) is 0 Å². The predicted molar refractivity (Wildman–Crippen MR) is 88.2 cm³/mol. The normalized spacial score (nSPS) is 11.2. The third kappa shape index (κ3) is 4.97. The molecule has 0 aliphatic rings. The fourth-order valence-corrected chi connectivity index (χ4v) is 2.44. The molecule has 1 amide bonds. The highest BCUT2D eigenvalue weighted by Crippen LogP contribution is 2.15. The maximum atomic E-state index is 12.3. The van der Waals surface area contributed by atoms with Crippen LogP contribution in [0.1, 0.15) is 36.2 Å². The van der Waals surface area contributed by atoms with Gasteiger partial charge in [-0.1, -0.05) is 30.3 Å². The minimum absolute atomic E-state index is 0.0955. The number of hydrogen-bond acceptors (Lipinski definition) is 2. The number of nitrogens with zero attached hydrogens (tertiary/aromatic N) is 1. The average molecular weight is 347 g/mol. The van der Waals surface area contributed by atoms with Gasteiger partial charge in [0.1, 0.15) is 0 Å². The number of hydrogen-bond donors (Lipinski definition) is 1. The number of amides is 1. The minimum Gasteiger partial charge on any atom is -0.347 e. The van der Waals surface area contributed by atoms with Crippen molar-refractivity contribution >= 4 is 21.8 Å². The van der Waals surface area contributed by atoms with Crippen LogP contribution in [0.4, 0.5) is 0 Å². The molecule has 4 heteroatoms. The fourth-order valence-electron chi connectivity index (χ4n) is 2.08. The highest BCUT2D eigenvalue weighted by atomic mass is 79.9. The molecule has 0 aliphatic heterocycles. The number of halogens is 1. The second-order valence-electron chi connectivity index (χ2n) is 5.72. The summed E-state index contributed by atoms with van der Waals surface area (Å²) in [5.41, 5.74) is 1.58. The number of carbonyl (C=O) groups is 1. The lowest BCUT2D eigenvalue weighted by atomic mass is 9.95. The molecule has 1 heterocycles. The van der Waals surface area contributed by atoms with E-state index < -0.39 is 0 Å². The van der Waals surface area contributed by atoms with E-state index in [9.17, 15) is 4.79 Å². The van der Waals surface area contributed by atoms with Gasteiger partial charge in [0, 0.05) is 22.4 Å². The summed E-state index contributed by atoms with van der Waals surface area (Å²) in [6, 6.07) is 12.1. The van der Waals surface area contributed by atoms with Crippen LogP contribution < -0.4 is 5.32 Å². The number of pyridine rings is 1. The lowest BCUT2D eigenvalue weighted by Crippen LogP contribution is -2.43. The summed E-state index contributed by atoms with van der Waals surface area (Å²) in [5.74, 6) is -0.0955. The van der Waals surface area contributed by atoms with Crippen LogP contribution in [-0.4, -0.2) is 16.4 Å². The van der Waals surface area contributed by atoms with Gasteiger partial charge in [-0.2, -0.15) is 0 Å². The maximum Gasteiger partial charge on any atom is 0.253 e. The molecule has 110 valence electrons. The molecule has 2 rings (SSSR count). The average Bonchev–Trinajstić information content (AvgIpc) is 2.46. The number of carbonyl (C=O) groups excluding carboxylic acids is 1. The molecule has 2 aromatic rings. The van der Waals surface area contributed by atoms with Gasteiger partial charge in [-0.05, 0) is 54.2 Å². The summed E-state index contributed by atoms with van der Waals surface area (Å²) in [4.78, 5) is 16.3. The monoisotopic (exact) mass is 346 g/mol. The van der Waals surface area contributed by atoms with Gasteiger partial charge in [0.05, 0.1) is 5.56 Å². The smallest absolute Gasteiger partial charge is 0.253 e. The molecule has 0 atom stereocenters. The van der Waals surface area contributed by atoms with Crippen molar-refractivity contribution in [3.63, 3.8) is 0 Å². The van der Waals surface area contributed by atoms with Crippen molar-refractivity contribution < 1.29 is 4.79 Å². The van der Waals surface area contributed by atoms with Gasteiger partial charge in [0.2, 0.25) is 0 Å². The molecule has 0 saturated carbocycles. The molecule has 0 spiro atoms.